The van der Waals surface area contributed by atoms with Crippen LogP contribution < -0.4 is 11.0 Å². The molecule has 1 aliphatic rings. The molecule has 122 valence electrons. The van der Waals surface area contributed by atoms with E-state index in [-0.39, 0.29) is 29.4 Å². The Bertz CT molecular complexity index is 752. The van der Waals surface area contributed by atoms with E-state index in [0.29, 0.717) is 10.2 Å². The van der Waals surface area contributed by atoms with E-state index >= 15 is 0 Å². The highest BCUT2D eigenvalue weighted by molar-refractivity contribution is 7.99. The average Bonchev–Trinajstić information content (AvgIpc) is 3.29. The second kappa shape index (κ2) is 6.80. The molecule has 6 nitrogen and oxygen atoms in total. The summed E-state index contributed by atoms with van der Waals surface area (Å²) in [5.41, 5.74) is 0.785. The lowest BCUT2D eigenvalue weighted by atomic mass is 10.1. The van der Waals surface area contributed by atoms with E-state index in [1.165, 1.54) is 11.8 Å². The molecule has 1 atom stereocenters. The number of H-pyrrole nitrogens is 1. The van der Waals surface area contributed by atoms with Gasteiger partial charge in [-0.05, 0) is 37.5 Å². The van der Waals surface area contributed by atoms with E-state index in [2.05, 4.69) is 15.5 Å². The largest absolute Gasteiger partial charge is 0.349 e. The monoisotopic (exact) mass is 352 g/mol. The number of aromatic amines is 1. The fourth-order valence-electron chi connectivity index (χ4n) is 2.29. The average molecular weight is 353 g/mol. The van der Waals surface area contributed by atoms with Crippen LogP contribution in [0.2, 0.25) is 5.02 Å². The predicted molar refractivity (Wildman–Crippen MR) is 89.9 cm³/mol. The number of amides is 1. The summed E-state index contributed by atoms with van der Waals surface area (Å²) < 4.78 is 1.64. The quantitative estimate of drug-likeness (QED) is 0.783. The van der Waals surface area contributed by atoms with E-state index in [0.717, 1.165) is 18.4 Å². The Morgan fingerprint density at radius 2 is 2.17 bits per heavy atom. The summed E-state index contributed by atoms with van der Waals surface area (Å²) in [6.07, 6.45) is 1.99. The molecule has 1 saturated carbocycles. The van der Waals surface area contributed by atoms with Gasteiger partial charge in [-0.2, -0.15) is 0 Å². The second-order valence-corrected chi connectivity index (χ2v) is 6.92. The maximum absolute atomic E-state index is 12.1. The fourth-order valence-corrected chi connectivity index (χ4v) is 3.25. The lowest BCUT2D eigenvalue weighted by Crippen LogP contribution is -2.28. The molecule has 1 fully saturated rings. The van der Waals surface area contributed by atoms with Gasteiger partial charge in [-0.25, -0.2) is 9.89 Å². The molecular weight excluding hydrogens is 336 g/mol. The first-order valence-corrected chi connectivity index (χ1v) is 8.75. The smallest absolute Gasteiger partial charge is 0.344 e. The maximum atomic E-state index is 12.1. The topological polar surface area (TPSA) is 79.8 Å². The van der Waals surface area contributed by atoms with Crippen molar-refractivity contribution in [3.05, 3.63) is 45.3 Å². The van der Waals surface area contributed by atoms with Gasteiger partial charge in [0.1, 0.15) is 0 Å². The number of rotatable bonds is 6. The summed E-state index contributed by atoms with van der Waals surface area (Å²) in [5.74, 6) is 0.116. The molecule has 8 heteroatoms. The van der Waals surface area contributed by atoms with Crippen molar-refractivity contribution < 1.29 is 4.79 Å². The van der Waals surface area contributed by atoms with Crippen molar-refractivity contribution in [1.82, 2.24) is 20.1 Å². The van der Waals surface area contributed by atoms with E-state index in [9.17, 15) is 9.59 Å². The first kappa shape index (κ1) is 16.1. The standard InChI is InChI=1S/C15H17ClN4O2S/c1-9(10-2-4-11(16)5-3-10)17-13(21)8-23-15-19-18-14(22)20(15)12-6-7-12/h2-5,9,12H,6-8H2,1H3,(H,17,21)(H,18,22)/t9-/m1/s1. The van der Waals surface area contributed by atoms with Gasteiger partial charge >= 0.3 is 5.69 Å². The van der Waals surface area contributed by atoms with Crippen LogP contribution in [0.5, 0.6) is 0 Å². The van der Waals surface area contributed by atoms with E-state index in [1.807, 2.05) is 19.1 Å². The van der Waals surface area contributed by atoms with Crippen molar-refractivity contribution in [3.8, 4) is 0 Å². The Morgan fingerprint density at radius 1 is 1.48 bits per heavy atom. The SMILES string of the molecule is C[C@@H](NC(=O)CSc1n[nH]c(=O)n1C1CC1)c1ccc(Cl)cc1. The number of hydrogen-bond acceptors (Lipinski definition) is 4. The number of benzene rings is 1. The third-order valence-corrected chi connectivity index (χ3v) is 4.87. The molecule has 0 unspecified atom stereocenters. The Labute approximate surface area is 142 Å². The summed E-state index contributed by atoms with van der Waals surface area (Å²) in [7, 11) is 0. The molecule has 2 aromatic rings. The Balaban J connectivity index is 1.55. The lowest BCUT2D eigenvalue weighted by Gasteiger charge is -2.14. The van der Waals surface area contributed by atoms with Gasteiger partial charge in [-0.3, -0.25) is 9.36 Å². The number of nitrogens with zero attached hydrogens (tertiary/aromatic N) is 2. The molecule has 2 N–H and O–H groups in total. The highest BCUT2D eigenvalue weighted by Crippen LogP contribution is 2.35. The van der Waals surface area contributed by atoms with Gasteiger partial charge in [0, 0.05) is 11.1 Å². The number of carbonyl (C=O) groups excluding carboxylic acids is 1. The summed E-state index contributed by atoms with van der Waals surface area (Å²) in [4.78, 5) is 23.8. The van der Waals surface area contributed by atoms with Gasteiger partial charge < -0.3 is 5.32 Å². The van der Waals surface area contributed by atoms with Crippen LogP contribution in [0.15, 0.2) is 34.2 Å². The molecule has 0 saturated heterocycles. The predicted octanol–water partition coefficient (Wildman–Crippen LogP) is 2.53. The van der Waals surface area contributed by atoms with Crippen LogP contribution in [0.4, 0.5) is 0 Å². The van der Waals surface area contributed by atoms with Crippen LogP contribution in [-0.4, -0.2) is 26.4 Å². The number of thioether (sulfide) groups is 1. The van der Waals surface area contributed by atoms with Gasteiger partial charge in [0.05, 0.1) is 11.8 Å². The minimum Gasteiger partial charge on any atom is -0.349 e. The zero-order valence-electron chi connectivity index (χ0n) is 12.6. The Morgan fingerprint density at radius 3 is 2.83 bits per heavy atom. The number of nitrogens with one attached hydrogen (secondary N) is 2. The van der Waals surface area contributed by atoms with Crippen molar-refractivity contribution in [3.63, 3.8) is 0 Å². The molecule has 1 aromatic carbocycles. The molecule has 0 spiro atoms. The zero-order chi connectivity index (χ0) is 16.4. The van der Waals surface area contributed by atoms with Crippen LogP contribution in [0.25, 0.3) is 0 Å². The molecule has 0 radical (unpaired) electrons. The molecule has 0 bridgehead atoms. The maximum Gasteiger partial charge on any atom is 0.344 e. The van der Waals surface area contributed by atoms with Crippen LogP contribution >= 0.6 is 23.4 Å². The molecule has 1 aromatic heterocycles. The molecular formula is C15H17ClN4O2S. The van der Waals surface area contributed by atoms with Crippen LogP contribution in [0.3, 0.4) is 0 Å². The van der Waals surface area contributed by atoms with Crippen molar-refractivity contribution in [2.45, 2.75) is 37.0 Å². The third kappa shape index (κ3) is 3.97. The van der Waals surface area contributed by atoms with Crippen molar-refractivity contribution in [2.24, 2.45) is 0 Å². The van der Waals surface area contributed by atoms with Crippen molar-refractivity contribution in [2.75, 3.05) is 5.75 Å². The highest BCUT2D eigenvalue weighted by Gasteiger charge is 2.28. The van der Waals surface area contributed by atoms with Crippen molar-refractivity contribution in [1.29, 1.82) is 0 Å². The zero-order valence-corrected chi connectivity index (χ0v) is 14.2. The van der Waals surface area contributed by atoms with Gasteiger partial charge in [0.15, 0.2) is 5.16 Å². The molecule has 3 rings (SSSR count). The minimum absolute atomic E-state index is 0.102. The molecule has 23 heavy (non-hydrogen) atoms. The number of aromatic nitrogens is 3. The minimum atomic E-state index is -0.204. The molecule has 0 aliphatic heterocycles. The van der Waals surface area contributed by atoms with E-state index < -0.39 is 0 Å². The number of hydrogen-bond donors (Lipinski definition) is 2. The highest BCUT2D eigenvalue weighted by atomic mass is 35.5. The van der Waals surface area contributed by atoms with Crippen LogP contribution in [0, 0.1) is 0 Å². The number of carbonyl (C=O) groups is 1. The summed E-state index contributed by atoms with van der Waals surface area (Å²) in [6, 6.07) is 7.50. The summed E-state index contributed by atoms with van der Waals surface area (Å²) in [6.45, 7) is 1.92. The Kier molecular flexibility index (Phi) is 4.77. The second-order valence-electron chi connectivity index (χ2n) is 5.54. The number of halogens is 1. The van der Waals surface area contributed by atoms with Crippen LogP contribution in [-0.2, 0) is 4.79 Å². The fraction of sp³-hybridized carbons (Fsp3) is 0.400. The lowest BCUT2D eigenvalue weighted by molar-refractivity contribution is -0.119. The molecule has 1 heterocycles. The summed E-state index contributed by atoms with van der Waals surface area (Å²) >= 11 is 7.13. The van der Waals surface area contributed by atoms with Crippen LogP contribution in [0.1, 0.15) is 37.4 Å². The van der Waals surface area contributed by atoms with Gasteiger partial charge in [-0.1, -0.05) is 35.5 Å². The van der Waals surface area contributed by atoms with E-state index in [1.54, 1.807) is 16.7 Å². The molecule has 1 aliphatic carbocycles. The normalized spacial score (nSPS) is 15.4. The Hall–Kier alpha value is -1.73. The van der Waals surface area contributed by atoms with Gasteiger partial charge in [0.2, 0.25) is 5.91 Å². The summed E-state index contributed by atoms with van der Waals surface area (Å²) in [5, 5.41) is 10.6. The van der Waals surface area contributed by atoms with Crippen molar-refractivity contribution >= 4 is 29.3 Å². The first-order valence-electron chi connectivity index (χ1n) is 7.39. The van der Waals surface area contributed by atoms with Gasteiger partial charge in [-0.15, -0.1) is 5.10 Å². The molecule has 1 amide bonds. The van der Waals surface area contributed by atoms with E-state index in [4.69, 9.17) is 11.6 Å². The van der Waals surface area contributed by atoms with Gasteiger partial charge in [0.25, 0.3) is 0 Å². The first-order chi connectivity index (χ1) is 11.0. The third-order valence-electron chi connectivity index (χ3n) is 3.66.